The second-order valence-electron chi connectivity index (χ2n) is 13.6. The molecule has 0 bridgehead atoms. The number of pyridine rings is 1. The van der Waals surface area contributed by atoms with Crippen LogP contribution in [0, 0.1) is 11.8 Å². The fourth-order valence-corrected chi connectivity index (χ4v) is 7.55. The van der Waals surface area contributed by atoms with Gasteiger partial charge in [0.2, 0.25) is 5.56 Å². The van der Waals surface area contributed by atoms with Gasteiger partial charge in [-0.1, -0.05) is 66.7 Å². The van der Waals surface area contributed by atoms with Gasteiger partial charge in [-0.15, -0.1) is 0 Å². The standard InChI is InChI=1S/C41H44N4O6/c46-37-16-14-34(35-15-17-39(48)44-40(35)37)38(47)24-42-19-21-50-31-12-10-27(11-13-31)18-20-45-25-29-22-32(23-30(29)26-45)51-41(49)43-36-9-5-4-8-33(36)28-6-2-1-3-7-28/h1-17,29-30,32,38,42,46-47H,18-26H2,(H,43,49)(H,44,48)/t29-,30+,32+,38-/m0/s1. The molecule has 0 radical (unpaired) electrons. The summed E-state index contributed by atoms with van der Waals surface area (Å²) in [6.45, 7) is 4.35. The van der Waals surface area contributed by atoms with Crippen molar-refractivity contribution in [2.45, 2.75) is 31.5 Å². The number of phenols is 1. The smallest absolute Gasteiger partial charge is 0.411 e. The van der Waals surface area contributed by atoms with Gasteiger partial charge in [0, 0.05) is 49.7 Å². The third kappa shape index (κ3) is 8.42. The van der Waals surface area contributed by atoms with Gasteiger partial charge < -0.3 is 34.9 Å². The number of carbonyl (C=O) groups excluding carboxylic acids is 1. The molecular weight excluding hydrogens is 644 g/mol. The van der Waals surface area contributed by atoms with E-state index in [0.717, 1.165) is 61.5 Å². The zero-order chi connectivity index (χ0) is 35.2. The van der Waals surface area contributed by atoms with Gasteiger partial charge in [0.25, 0.3) is 0 Å². The van der Waals surface area contributed by atoms with Crippen LogP contribution in [0.15, 0.2) is 108 Å². The van der Waals surface area contributed by atoms with Crippen molar-refractivity contribution in [3.05, 3.63) is 125 Å². The Balaban J connectivity index is 0.792. The number of ether oxygens (including phenoxy) is 2. The Labute approximate surface area is 297 Å². The van der Waals surface area contributed by atoms with Gasteiger partial charge in [-0.2, -0.15) is 0 Å². The summed E-state index contributed by atoms with van der Waals surface area (Å²) >= 11 is 0. The van der Waals surface area contributed by atoms with Crippen molar-refractivity contribution in [3.63, 3.8) is 0 Å². The van der Waals surface area contributed by atoms with Crippen molar-refractivity contribution in [2.24, 2.45) is 11.8 Å². The number of aliphatic hydroxyl groups is 1. The van der Waals surface area contributed by atoms with Crippen LogP contribution < -0.4 is 20.9 Å². The third-order valence-corrected chi connectivity index (χ3v) is 10.1. The Morgan fingerprint density at radius 1 is 0.902 bits per heavy atom. The second-order valence-corrected chi connectivity index (χ2v) is 13.6. The molecule has 264 valence electrons. The van der Waals surface area contributed by atoms with E-state index in [2.05, 4.69) is 32.7 Å². The summed E-state index contributed by atoms with van der Waals surface area (Å²) in [5.74, 6) is 1.87. The van der Waals surface area contributed by atoms with Crippen molar-refractivity contribution < 1.29 is 24.5 Å². The third-order valence-electron chi connectivity index (χ3n) is 10.1. The molecule has 1 aliphatic carbocycles. The minimum Gasteiger partial charge on any atom is -0.506 e. The monoisotopic (exact) mass is 688 g/mol. The lowest BCUT2D eigenvalue weighted by atomic mass is 10.0. The first-order valence-corrected chi connectivity index (χ1v) is 17.7. The van der Waals surface area contributed by atoms with Crippen LogP contribution in [-0.2, 0) is 11.2 Å². The van der Waals surface area contributed by atoms with Crippen molar-refractivity contribution in [1.82, 2.24) is 15.2 Å². The maximum Gasteiger partial charge on any atom is 0.411 e. The van der Waals surface area contributed by atoms with E-state index in [1.165, 1.54) is 17.7 Å². The first kappa shape index (κ1) is 34.3. The number of aromatic hydroxyl groups is 1. The number of amides is 1. The van der Waals surface area contributed by atoms with Gasteiger partial charge in [0.1, 0.15) is 24.2 Å². The van der Waals surface area contributed by atoms with Crippen molar-refractivity contribution >= 4 is 22.7 Å². The molecule has 1 aromatic heterocycles. The fraction of sp³-hybridized carbons (Fsp3) is 0.317. The molecule has 0 spiro atoms. The minimum absolute atomic E-state index is 0.0324. The molecule has 1 amide bonds. The first-order valence-electron chi connectivity index (χ1n) is 17.7. The highest BCUT2D eigenvalue weighted by Crippen LogP contribution is 2.40. The van der Waals surface area contributed by atoms with Crippen LogP contribution in [0.25, 0.3) is 22.0 Å². The lowest BCUT2D eigenvalue weighted by Gasteiger charge is -2.20. The average Bonchev–Trinajstić information content (AvgIpc) is 3.70. The molecule has 1 saturated heterocycles. The second kappa shape index (κ2) is 15.8. The van der Waals surface area contributed by atoms with Crippen molar-refractivity contribution in [3.8, 4) is 22.6 Å². The molecule has 4 aromatic carbocycles. The molecule has 0 unspecified atom stereocenters. The molecule has 1 aliphatic heterocycles. The number of nitrogens with zero attached hydrogens (tertiary/aromatic N) is 1. The summed E-state index contributed by atoms with van der Waals surface area (Å²) in [6.07, 6.45) is 1.52. The number of para-hydroxylation sites is 1. The summed E-state index contributed by atoms with van der Waals surface area (Å²) in [4.78, 5) is 29.7. The summed E-state index contributed by atoms with van der Waals surface area (Å²) in [5.41, 5.74) is 4.67. The highest BCUT2D eigenvalue weighted by atomic mass is 16.6. The van der Waals surface area contributed by atoms with Gasteiger partial charge in [-0.05, 0) is 78.1 Å². The number of hydrogen-bond acceptors (Lipinski definition) is 8. The molecule has 2 heterocycles. The molecule has 7 rings (SSSR count). The Hall–Kier alpha value is -5.16. The normalized spacial score (nSPS) is 19.1. The van der Waals surface area contributed by atoms with Gasteiger partial charge in [0.05, 0.1) is 17.3 Å². The Morgan fingerprint density at radius 3 is 2.43 bits per heavy atom. The predicted octanol–water partition coefficient (Wildman–Crippen LogP) is 6.10. The van der Waals surface area contributed by atoms with Crippen LogP contribution >= 0.6 is 0 Å². The van der Waals surface area contributed by atoms with E-state index in [-0.39, 0.29) is 23.5 Å². The Morgan fingerprint density at radius 2 is 1.65 bits per heavy atom. The average molecular weight is 689 g/mol. The van der Waals surface area contributed by atoms with E-state index in [9.17, 15) is 19.8 Å². The van der Waals surface area contributed by atoms with Crippen LogP contribution in [0.4, 0.5) is 10.5 Å². The topological polar surface area (TPSA) is 136 Å². The highest BCUT2D eigenvalue weighted by Gasteiger charge is 2.42. The number of aromatic nitrogens is 1. The number of phenolic OH excluding ortho intramolecular Hbond substituents is 1. The molecule has 5 aromatic rings. The summed E-state index contributed by atoms with van der Waals surface area (Å²) in [7, 11) is 0. The SMILES string of the molecule is O=C(Nc1ccccc1-c1ccccc1)O[C@H]1C[C@@H]2CN(CCc3ccc(OCCNC[C@H](O)c4ccc(O)c5[nH]c(=O)ccc45)cc3)C[C@@H]2C1. The van der Waals surface area contributed by atoms with Gasteiger partial charge in [-0.3, -0.25) is 10.1 Å². The lowest BCUT2D eigenvalue weighted by molar-refractivity contribution is 0.106. The molecule has 10 nitrogen and oxygen atoms in total. The van der Waals surface area contributed by atoms with Gasteiger partial charge in [0.15, 0.2) is 0 Å². The van der Waals surface area contributed by atoms with Crippen LogP contribution in [0.1, 0.15) is 30.1 Å². The van der Waals surface area contributed by atoms with Crippen molar-refractivity contribution in [1.29, 1.82) is 0 Å². The van der Waals surface area contributed by atoms with Crippen LogP contribution in [0.5, 0.6) is 11.5 Å². The molecule has 1 saturated carbocycles. The number of anilines is 1. The first-order chi connectivity index (χ1) is 24.9. The number of aliphatic hydroxyl groups excluding tert-OH is 1. The maximum atomic E-state index is 12.9. The largest absolute Gasteiger partial charge is 0.506 e. The van der Waals surface area contributed by atoms with Crippen LogP contribution in [0.3, 0.4) is 0 Å². The molecule has 10 heteroatoms. The van der Waals surface area contributed by atoms with E-state index >= 15 is 0 Å². The summed E-state index contributed by atoms with van der Waals surface area (Å²) in [6, 6.07) is 32.2. The number of likely N-dealkylation sites (tertiary alicyclic amines) is 1. The van der Waals surface area contributed by atoms with Crippen LogP contribution in [-0.4, -0.2) is 71.6 Å². The zero-order valence-electron chi connectivity index (χ0n) is 28.5. The maximum absolute atomic E-state index is 12.9. The number of benzene rings is 4. The Bertz CT molecular complexity index is 1990. The minimum atomic E-state index is -0.816. The number of nitrogens with one attached hydrogen (secondary N) is 3. The van der Waals surface area contributed by atoms with E-state index < -0.39 is 6.10 Å². The van der Waals surface area contributed by atoms with Gasteiger partial charge in [-0.25, -0.2) is 4.79 Å². The number of H-pyrrole nitrogens is 1. The number of hydrogen-bond donors (Lipinski definition) is 5. The lowest BCUT2D eigenvalue weighted by Crippen LogP contribution is -2.27. The van der Waals surface area contributed by atoms with Gasteiger partial charge >= 0.3 is 6.09 Å². The highest BCUT2D eigenvalue weighted by molar-refractivity contribution is 5.91. The van der Waals surface area contributed by atoms with Crippen molar-refractivity contribution in [2.75, 3.05) is 44.6 Å². The number of rotatable bonds is 13. The molecular formula is C41H44N4O6. The summed E-state index contributed by atoms with van der Waals surface area (Å²) in [5, 5.41) is 27.6. The Kier molecular flexibility index (Phi) is 10.6. The molecule has 51 heavy (non-hydrogen) atoms. The van der Waals surface area contributed by atoms with E-state index in [1.807, 2.05) is 66.7 Å². The number of fused-ring (bicyclic) bond motifs is 2. The number of aromatic amines is 1. The van der Waals surface area contributed by atoms with E-state index in [0.29, 0.717) is 48.0 Å². The fourth-order valence-electron chi connectivity index (χ4n) is 7.55. The van der Waals surface area contributed by atoms with Crippen LogP contribution in [0.2, 0.25) is 0 Å². The van der Waals surface area contributed by atoms with E-state index in [1.54, 1.807) is 12.1 Å². The predicted molar refractivity (Wildman–Crippen MR) is 198 cm³/mol. The zero-order valence-corrected chi connectivity index (χ0v) is 28.5. The molecule has 5 N–H and O–H groups in total. The van der Waals surface area contributed by atoms with E-state index in [4.69, 9.17) is 9.47 Å². The number of carbonyl (C=O) groups is 1. The molecule has 4 atom stereocenters. The summed E-state index contributed by atoms with van der Waals surface area (Å²) < 4.78 is 11.8. The molecule has 2 aliphatic rings. The molecule has 2 fully saturated rings. The quantitative estimate of drug-likeness (QED) is 0.0937.